The Labute approximate surface area is 158 Å². The van der Waals surface area contributed by atoms with Crippen LogP contribution in [0.1, 0.15) is 78.1 Å². The highest BCUT2D eigenvalue weighted by atomic mass is 16.4. The normalized spacial score (nSPS) is 22.2. The van der Waals surface area contributed by atoms with Crippen molar-refractivity contribution in [2.75, 3.05) is 0 Å². The van der Waals surface area contributed by atoms with Gasteiger partial charge in [0.05, 0.1) is 6.10 Å². The van der Waals surface area contributed by atoms with E-state index in [1.807, 2.05) is 6.08 Å². The number of carbonyl (C=O) groups excluding carboxylic acids is 1. The molecule has 0 bridgehead atoms. The van der Waals surface area contributed by atoms with Crippen LogP contribution in [0.25, 0.3) is 0 Å². The minimum Gasteiger partial charge on any atom is -0.478 e. The van der Waals surface area contributed by atoms with E-state index in [2.05, 4.69) is 13.8 Å². The molecule has 0 aromatic heterocycles. The zero-order valence-electron chi connectivity index (χ0n) is 16.4. The summed E-state index contributed by atoms with van der Waals surface area (Å²) in [4.78, 5) is 22.5. The van der Waals surface area contributed by atoms with Crippen LogP contribution in [0.15, 0.2) is 24.3 Å². The zero-order valence-corrected chi connectivity index (χ0v) is 16.4. The van der Waals surface area contributed by atoms with Gasteiger partial charge < -0.3 is 10.2 Å². The summed E-state index contributed by atoms with van der Waals surface area (Å²) in [5.74, 6) is 0.144. The molecule has 0 fully saturated rings. The van der Waals surface area contributed by atoms with Crippen molar-refractivity contribution in [2.24, 2.45) is 17.8 Å². The number of carbonyl (C=O) groups is 2. The van der Waals surface area contributed by atoms with Crippen molar-refractivity contribution in [1.82, 2.24) is 0 Å². The van der Waals surface area contributed by atoms with Crippen LogP contribution in [0.3, 0.4) is 0 Å². The van der Waals surface area contributed by atoms with Crippen LogP contribution >= 0.6 is 0 Å². The molecule has 0 spiro atoms. The number of hydrogen-bond acceptors (Lipinski definition) is 3. The van der Waals surface area contributed by atoms with Crippen molar-refractivity contribution in [3.8, 4) is 0 Å². The number of ketones is 1. The third-order valence-electron chi connectivity index (χ3n) is 5.34. The second-order valence-corrected chi connectivity index (χ2v) is 7.77. The number of carboxylic acids is 1. The lowest BCUT2D eigenvalue weighted by Gasteiger charge is -2.21. The van der Waals surface area contributed by atoms with E-state index in [-0.39, 0.29) is 23.7 Å². The lowest BCUT2D eigenvalue weighted by atomic mass is 9.85. The Morgan fingerprint density at radius 2 is 2.00 bits per heavy atom. The molecule has 0 amide bonds. The van der Waals surface area contributed by atoms with E-state index >= 15 is 0 Å². The monoisotopic (exact) mass is 364 g/mol. The predicted octanol–water partition coefficient (Wildman–Crippen LogP) is 4.92. The summed E-state index contributed by atoms with van der Waals surface area (Å²) in [6.45, 7) is 4.40. The van der Waals surface area contributed by atoms with Crippen molar-refractivity contribution in [1.29, 1.82) is 0 Å². The molecule has 2 N–H and O–H groups in total. The van der Waals surface area contributed by atoms with Gasteiger partial charge in [0.25, 0.3) is 0 Å². The van der Waals surface area contributed by atoms with Crippen molar-refractivity contribution in [3.63, 3.8) is 0 Å². The molecule has 148 valence electrons. The molecule has 26 heavy (non-hydrogen) atoms. The van der Waals surface area contributed by atoms with Gasteiger partial charge in [0.2, 0.25) is 0 Å². The highest BCUT2D eigenvalue weighted by molar-refractivity contribution is 5.94. The Morgan fingerprint density at radius 1 is 1.23 bits per heavy atom. The quantitative estimate of drug-likeness (QED) is 0.339. The maximum Gasteiger partial charge on any atom is 0.327 e. The van der Waals surface area contributed by atoms with Crippen LogP contribution in [0.4, 0.5) is 0 Å². The average molecular weight is 365 g/mol. The van der Waals surface area contributed by atoms with Crippen LogP contribution in [0, 0.1) is 17.8 Å². The van der Waals surface area contributed by atoms with Gasteiger partial charge in [-0.3, -0.25) is 4.79 Å². The Bertz CT molecular complexity index is 481. The second kappa shape index (κ2) is 12.9. The Hall–Kier alpha value is -1.42. The highest BCUT2D eigenvalue weighted by Gasteiger charge is 2.29. The molecule has 0 aromatic carbocycles. The summed E-state index contributed by atoms with van der Waals surface area (Å²) in [5, 5.41) is 18.8. The molecule has 4 atom stereocenters. The highest BCUT2D eigenvalue weighted by Crippen LogP contribution is 2.32. The lowest BCUT2D eigenvalue weighted by Crippen LogP contribution is -2.19. The first-order valence-electron chi connectivity index (χ1n) is 10.2. The largest absolute Gasteiger partial charge is 0.478 e. The Morgan fingerprint density at radius 3 is 2.69 bits per heavy atom. The Balaban J connectivity index is 2.28. The minimum absolute atomic E-state index is 0.0446. The molecular weight excluding hydrogens is 328 g/mol. The van der Waals surface area contributed by atoms with Gasteiger partial charge in [-0.1, -0.05) is 51.7 Å². The molecule has 0 heterocycles. The predicted molar refractivity (Wildman–Crippen MR) is 105 cm³/mol. The standard InChI is InChI=1S/C22H36O4/c1-3-4-9-17(2)16-19(23)14-12-18-13-15-21(24)20(18)10-7-5-6-8-11-22(25)26/h8,11,13,15,17-20,23H,3-7,9-10,12,14,16H2,1-2H3,(H,25,26)/b11-8+/t17-,18-,19+,20+/m0/s1. The van der Waals surface area contributed by atoms with E-state index in [0.717, 1.165) is 44.9 Å². The summed E-state index contributed by atoms with van der Waals surface area (Å²) in [6.07, 6.45) is 15.8. The summed E-state index contributed by atoms with van der Waals surface area (Å²) >= 11 is 0. The molecule has 4 nitrogen and oxygen atoms in total. The van der Waals surface area contributed by atoms with Crippen LogP contribution in [0.5, 0.6) is 0 Å². The smallest absolute Gasteiger partial charge is 0.327 e. The zero-order chi connectivity index (χ0) is 19.4. The molecule has 1 rings (SSSR count). The van der Waals surface area contributed by atoms with E-state index in [1.165, 1.54) is 25.3 Å². The van der Waals surface area contributed by atoms with Gasteiger partial charge in [-0.15, -0.1) is 0 Å². The fourth-order valence-electron chi connectivity index (χ4n) is 3.79. The number of carboxylic acid groups (broad SMARTS) is 1. The fraction of sp³-hybridized carbons (Fsp3) is 0.727. The topological polar surface area (TPSA) is 74.6 Å². The summed E-state index contributed by atoms with van der Waals surface area (Å²) in [5.41, 5.74) is 0. The number of rotatable bonds is 14. The molecule has 0 radical (unpaired) electrons. The van der Waals surface area contributed by atoms with Gasteiger partial charge >= 0.3 is 5.97 Å². The molecule has 0 saturated carbocycles. The number of aliphatic hydroxyl groups excluding tert-OH is 1. The van der Waals surface area contributed by atoms with Crippen molar-refractivity contribution in [2.45, 2.75) is 84.2 Å². The number of hydrogen-bond donors (Lipinski definition) is 2. The Kier molecular flexibility index (Phi) is 11.2. The maximum absolute atomic E-state index is 12.1. The van der Waals surface area contributed by atoms with Crippen LogP contribution in [-0.2, 0) is 9.59 Å². The molecule has 0 saturated heterocycles. The van der Waals surface area contributed by atoms with Gasteiger partial charge in [-0.05, 0) is 56.4 Å². The van der Waals surface area contributed by atoms with E-state index in [1.54, 1.807) is 12.2 Å². The third-order valence-corrected chi connectivity index (χ3v) is 5.34. The SMILES string of the molecule is CCCC[C@H](C)C[C@H](O)CC[C@H]1C=CC(=O)[C@@H]1CCCC/C=C/C(=O)O. The summed E-state index contributed by atoms with van der Waals surface area (Å²) in [7, 11) is 0. The van der Waals surface area contributed by atoms with Gasteiger partial charge in [0.15, 0.2) is 5.78 Å². The van der Waals surface area contributed by atoms with Gasteiger partial charge in [0.1, 0.15) is 0 Å². The third kappa shape index (κ3) is 9.33. The molecule has 0 aliphatic heterocycles. The van der Waals surface area contributed by atoms with Crippen molar-refractivity contribution >= 4 is 11.8 Å². The first-order chi connectivity index (χ1) is 12.4. The number of aliphatic carboxylic acids is 1. The minimum atomic E-state index is -0.914. The maximum atomic E-state index is 12.1. The molecule has 1 aliphatic rings. The number of aliphatic hydroxyl groups is 1. The van der Waals surface area contributed by atoms with Crippen LogP contribution < -0.4 is 0 Å². The number of unbranched alkanes of at least 4 members (excludes halogenated alkanes) is 3. The van der Waals surface area contributed by atoms with Crippen molar-refractivity contribution in [3.05, 3.63) is 24.3 Å². The van der Waals surface area contributed by atoms with Gasteiger partial charge in [-0.2, -0.15) is 0 Å². The van der Waals surface area contributed by atoms with E-state index < -0.39 is 5.97 Å². The average Bonchev–Trinajstić information content (AvgIpc) is 2.94. The van der Waals surface area contributed by atoms with Gasteiger partial charge in [-0.25, -0.2) is 4.79 Å². The van der Waals surface area contributed by atoms with Crippen LogP contribution in [0.2, 0.25) is 0 Å². The first kappa shape index (κ1) is 22.6. The summed E-state index contributed by atoms with van der Waals surface area (Å²) < 4.78 is 0. The molecular formula is C22H36O4. The fourth-order valence-corrected chi connectivity index (χ4v) is 3.79. The van der Waals surface area contributed by atoms with E-state index in [4.69, 9.17) is 5.11 Å². The molecule has 0 aromatic rings. The van der Waals surface area contributed by atoms with Gasteiger partial charge in [0, 0.05) is 12.0 Å². The lowest BCUT2D eigenvalue weighted by molar-refractivity contribution is -0.131. The molecule has 1 aliphatic carbocycles. The molecule has 0 unspecified atom stereocenters. The van der Waals surface area contributed by atoms with E-state index in [9.17, 15) is 14.7 Å². The van der Waals surface area contributed by atoms with Crippen LogP contribution in [-0.4, -0.2) is 28.1 Å². The summed E-state index contributed by atoms with van der Waals surface area (Å²) in [6, 6.07) is 0. The van der Waals surface area contributed by atoms with E-state index in [0.29, 0.717) is 5.92 Å². The number of allylic oxidation sites excluding steroid dienone is 3. The van der Waals surface area contributed by atoms with Crippen molar-refractivity contribution < 1.29 is 19.8 Å². The molecule has 4 heteroatoms. The second-order valence-electron chi connectivity index (χ2n) is 7.77. The first-order valence-corrected chi connectivity index (χ1v) is 10.2.